The summed E-state index contributed by atoms with van der Waals surface area (Å²) in [5.41, 5.74) is 0. The van der Waals surface area contributed by atoms with Gasteiger partial charge >= 0.3 is 8.41 Å². The second-order valence-corrected chi connectivity index (χ2v) is 11.5. The van der Waals surface area contributed by atoms with Gasteiger partial charge in [-0.15, -0.1) is 0 Å². The lowest BCUT2D eigenvalue weighted by atomic mass is 10.3. The molecule has 0 atom stereocenters. The van der Waals surface area contributed by atoms with E-state index in [4.69, 9.17) is 0 Å². The molecule has 0 aliphatic rings. The van der Waals surface area contributed by atoms with E-state index in [2.05, 4.69) is 67.8 Å². The quantitative estimate of drug-likeness (QED) is 0.170. The third-order valence-electron chi connectivity index (χ3n) is 3.73. The lowest BCUT2D eigenvalue weighted by Crippen LogP contribution is -2.66. The highest BCUT2D eigenvalue weighted by Crippen LogP contribution is 2.18. The summed E-state index contributed by atoms with van der Waals surface area (Å²) in [4.78, 5) is 0. The van der Waals surface area contributed by atoms with E-state index in [9.17, 15) is 0 Å². The summed E-state index contributed by atoms with van der Waals surface area (Å²) in [6, 6.07) is 23.5. The van der Waals surface area contributed by atoms with Crippen molar-refractivity contribution in [3.05, 3.63) is 83.5 Å². The zero-order valence-electron chi connectivity index (χ0n) is 11.9. The van der Waals surface area contributed by atoms with Crippen LogP contribution in [0.4, 0.5) is 4.11 Å². The van der Waals surface area contributed by atoms with E-state index in [1.54, 1.807) is 0 Å². The standard InChI is InChI=1S/C18H12FI3Si/c19-23(16-10-4-1-7-13(16)20,17-11-5-2-8-14(17)21)18-12-6-3-9-15(18)22/h1-12H. The molecule has 0 spiro atoms. The monoisotopic (exact) mass is 656 g/mol. The predicted octanol–water partition coefficient (Wildman–Crippen LogP) is 4.44. The van der Waals surface area contributed by atoms with Crippen LogP contribution in [-0.4, -0.2) is 8.41 Å². The molecule has 116 valence electrons. The fourth-order valence-corrected chi connectivity index (χ4v) is 10.2. The molecule has 0 saturated carbocycles. The van der Waals surface area contributed by atoms with Crippen LogP contribution in [0.5, 0.6) is 0 Å². The van der Waals surface area contributed by atoms with Crippen LogP contribution in [0, 0.1) is 10.7 Å². The van der Waals surface area contributed by atoms with Gasteiger partial charge in [0.05, 0.1) is 0 Å². The Hall–Kier alpha value is -0.00312. The molecule has 0 N–H and O–H groups in total. The Bertz CT molecular complexity index is 740. The van der Waals surface area contributed by atoms with Crippen LogP contribution < -0.4 is 15.6 Å². The van der Waals surface area contributed by atoms with Gasteiger partial charge in [-0.25, -0.2) is 0 Å². The van der Waals surface area contributed by atoms with E-state index in [0.717, 1.165) is 26.3 Å². The molecule has 0 heterocycles. The minimum absolute atomic E-state index is 0.828. The molecule has 0 bridgehead atoms. The molecule has 0 radical (unpaired) electrons. The first-order chi connectivity index (χ1) is 11.0. The summed E-state index contributed by atoms with van der Waals surface area (Å²) < 4.78 is 19.8. The third kappa shape index (κ3) is 3.38. The van der Waals surface area contributed by atoms with Crippen LogP contribution in [0.2, 0.25) is 0 Å². The number of benzene rings is 3. The van der Waals surface area contributed by atoms with E-state index in [-0.39, 0.29) is 0 Å². The van der Waals surface area contributed by atoms with Gasteiger partial charge in [-0.3, -0.25) is 4.11 Å². The van der Waals surface area contributed by atoms with Crippen molar-refractivity contribution < 1.29 is 4.11 Å². The Morgan fingerprint density at radius 1 is 0.522 bits per heavy atom. The van der Waals surface area contributed by atoms with Crippen molar-refractivity contribution in [2.75, 3.05) is 0 Å². The van der Waals surface area contributed by atoms with Crippen LogP contribution in [0.15, 0.2) is 72.8 Å². The van der Waals surface area contributed by atoms with Gasteiger partial charge in [0.2, 0.25) is 0 Å². The largest absolute Gasteiger partial charge is 0.342 e. The summed E-state index contributed by atoms with van der Waals surface area (Å²) in [5.74, 6) is 0. The average Bonchev–Trinajstić information content (AvgIpc) is 2.55. The van der Waals surface area contributed by atoms with Crippen molar-refractivity contribution in [3.8, 4) is 0 Å². The number of hydrogen-bond donors (Lipinski definition) is 0. The first kappa shape index (κ1) is 17.8. The molecule has 0 fully saturated rings. The van der Waals surface area contributed by atoms with Crippen LogP contribution in [0.3, 0.4) is 0 Å². The summed E-state index contributed by atoms with van der Waals surface area (Å²) in [7, 11) is -3.53. The maximum absolute atomic E-state index is 16.9. The smallest absolute Gasteiger partial charge is 0.296 e. The fourth-order valence-electron chi connectivity index (χ4n) is 2.66. The van der Waals surface area contributed by atoms with E-state index < -0.39 is 8.41 Å². The Labute approximate surface area is 177 Å². The first-order valence-corrected chi connectivity index (χ1v) is 12.1. The number of hydrogen-bond acceptors (Lipinski definition) is 0. The zero-order valence-corrected chi connectivity index (χ0v) is 19.4. The molecular formula is C18H12FI3Si. The number of rotatable bonds is 3. The maximum atomic E-state index is 16.9. The lowest BCUT2D eigenvalue weighted by molar-refractivity contribution is 0.840. The van der Waals surface area contributed by atoms with Crippen molar-refractivity contribution in [1.82, 2.24) is 0 Å². The Balaban J connectivity index is 2.38. The van der Waals surface area contributed by atoms with Gasteiger partial charge in [0, 0.05) is 10.7 Å². The molecule has 0 amide bonds. The Kier molecular flexibility index (Phi) is 5.79. The average molecular weight is 656 g/mol. The van der Waals surface area contributed by atoms with Gasteiger partial charge in [-0.1, -0.05) is 54.6 Å². The molecule has 3 aromatic rings. The topological polar surface area (TPSA) is 0 Å². The summed E-state index contributed by atoms with van der Waals surface area (Å²) in [5, 5.41) is 2.48. The molecule has 0 aromatic heterocycles. The molecule has 3 rings (SSSR count). The van der Waals surface area contributed by atoms with Gasteiger partial charge in [0.15, 0.2) is 0 Å². The maximum Gasteiger partial charge on any atom is 0.342 e. The summed E-state index contributed by atoms with van der Waals surface area (Å²) >= 11 is 6.76. The minimum atomic E-state index is -3.53. The molecular weight excluding hydrogens is 644 g/mol. The second kappa shape index (κ2) is 7.48. The number of halogens is 4. The van der Waals surface area contributed by atoms with Gasteiger partial charge in [-0.05, 0) is 102 Å². The third-order valence-corrected chi connectivity index (χ3v) is 11.6. The molecule has 5 heteroatoms. The summed E-state index contributed by atoms with van der Waals surface area (Å²) in [6.07, 6.45) is 0. The Morgan fingerprint density at radius 2 is 0.783 bits per heavy atom. The highest BCUT2D eigenvalue weighted by Gasteiger charge is 2.45. The van der Waals surface area contributed by atoms with Gasteiger partial charge in [-0.2, -0.15) is 0 Å². The van der Waals surface area contributed by atoms with Crippen molar-refractivity contribution in [2.24, 2.45) is 0 Å². The van der Waals surface area contributed by atoms with E-state index >= 15 is 4.11 Å². The van der Waals surface area contributed by atoms with Crippen LogP contribution in [-0.2, 0) is 0 Å². The highest BCUT2D eigenvalue weighted by molar-refractivity contribution is 14.1. The van der Waals surface area contributed by atoms with Gasteiger partial charge in [0.25, 0.3) is 0 Å². The van der Waals surface area contributed by atoms with Crippen LogP contribution in [0.25, 0.3) is 0 Å². The Morgan fingerprint density at radius 3 is 1.04 bits per heavy atom. The predicted molar refractivity (Wildman–Crippen MR) is 123 cm³/mol. The van der Waals surface area contributed by atoms with Crippen molar-refractivity contribution in [3.63, 3.8) is 0 Å². The van der Waals surface area contributed by atoms with Crippen molar-refractivity contribution >= 4 is 91.7 Å². The molecule has 0 nitrogen and oxygen atoms in total. The fraction of sp³-hybridized carbons (Fsp3) is 0. The minimum Gasteiger partial charge on any atom is -0.296 e. The molecule has 0 unspecified atom stereocenters. The van der Waals surface area contributed by atoms with Crippen LogP contribution >= 0.6 is 67.8 Å². The van der Waals surface area contributed by atoms with E-state index in [0.29, 0.717) is 0 Å². The zero-order chi connectivity index (χ0) is 16.4. The highest BCUT2D eigenvalue weighted by atomic mass is 127. The van der Waals surface area contributed by atoms with E-state index in [1.807, 2.05) is 72.8 Å². The van der Waals surface area contributed by atoms with Crippen molar-refractivity contribution in [2.45, 2.75) is 0 Å². The summed E-state index contributed by atoms with van der Waals surface area (Å²) in [6.45, 7) is 0. The lowest BCUT2D eigenvalue weighted by Gasteiger charge is -2.27. The molecule has 0 aliphatic heterocycles. The second-order valence-electron chi connectivity index (χ2n) is 5.10. The van der Waals surface area contributed by atoms with E-state index in [1.165, 1.54) is 0 Å². The molecule has 0 aliphatic carbocycles. The molecule has 23 heavy (non-hydrogen) atoms. The molecule has 3 aromatic carbocycles. The van der Waals surface area contributed by atoms with Gasteiger partial charge < -0.3 is 0 Å². The van der Waals surface area contributed by atoms with Crippen LogP contribution in [0.1, 0.15) is 0 Å². The SMILES string of the molecule is F[Si](c1ccccc1I)(c1ccccc1I)c1ccccc1I. The molecule has 0 saturated heterocycles. The normalized spacial score (nSPS) is 11.5. The van der Waals surface area contributed by atoms with Gasteiger partial charge in [0.1, 0.15) is 0 Å². The van der Waals surface area contributed by atoms with Crippen molar-refractivity contribution in [1.29, 1.82) is 0 Å². The first-order valence-electron chi connectivity index (χ1n) is 6.99.